The molecule has 0 spiro atoms. The lowest BCUT2D eigenvalue weighted by atomic mass is 9.93. The smallest absolute Gasteiger partial charge is 0.0433 e. The van der Waals surface area contributed by atoms with Crippen LogP contribution in [-0.2, 0) is 0 Å². The maximum Gasteiger partial charge on any atom is 0.0433 e. The SMILES string of the molecule is Cc1cc(C)cc(N2CCC(CCO)CC2)c1. The van der Waals surface area contributed by atoms with E-state index in [1.165, 1.54) is 29.7 Å². The first-order chi connectivity index (χ1) is 8.19. The van der Waals surface area contributed by atoms with Crippen molar-refractivity contribution in [2.75, 3.05) is 24.6 Å². The van der Waals surface area contributed by atoms with Gasteiger partial charge in [-0.1, -0.05) is 6.07 Å². The molecule has 0 bridgehead atoms. The number of piperidine rings is 1. The van der Waals surface area contributed by atoms with Crippen LogP contribution in [0.5, 0.6) is 0 Å². The molecule has 0 aliphatic carbocycles. The number of hydrogen-bond donors (Lipinski definition) is 1. The second-order valence-electron chi connectivity index (χ2n) is 5.29. The van der Waals surface area contributed by atoms with Crippen LogP contribution in [-0.4, -0.2) is 24.8 Å². The van der Waals surface area contributed by atoms with Crippen LogP contribution in [0.15, 0.2) is 18.2 Å². The molecule has 2 heteroatoms. The Morgan fingerprint density at radius 2 is 1.71 bits per heavy atom. The Bertz CT molecular complexity index is 347. The van der Waals surface area contributed by atoms with Crippen LogP contribution in [0, 0.1) is 19.8 Å². The third-order valence-electron chi connectivity index (χ3n) is 3.72. The van der Waals surface area contributed by atoms with E-state index in [-0.39, 0.29) is 0 Å². The molecule has 0 amide bonds. The minimum Gasteiger partial charge on any atom is -0.396 e. The molecule has 0 radical (unpaired) electrons. The predicted molar refractivity (Wildman–Crippen MR) is 72.6 cm³/mol. The number of anilines is 1. The minimum atomic E-state index is 0.341. The fraction of sp³-hybridized carbons (Fsp3) is 0.600. The van der Waals surface area contributed by atoms with Gasteiger partial charge in [-0.25, -0.2) is 0 Å². The van der Waals surface area contributed by atoms with Crippen LogP contribution in [0.1, 0.15) is 30.4 Å². The highest BCUT2D eigenvalue weighted by atomic mass is 16.3. The molecule has 0 unspecified atom stereocenters. The first-order valence-corrected chi connectivity index (χ1v) is 6.63. The number of benzene rings is 1. The van der Waals surface area contributed by atoms with Crippen LogP contribution in [0.2, 0.25) is 0 Å². The van der Waals surface area contributed by atoms with Crippen molar-refractivity contribution in [2.45, 2.75) is 33.1 Å². The van der Waals surface area contributed by atoms with Crippen molar-refractivity contribution in [1.29, 1.82) is 0 Å². The monoisotopic (exact) mass is 233 g/mol. The molecule has 2 nitrogen and oxygen atoms in total. The predicted octanol–water partition coefficient (Wildman–Crippen LogP) is 2.90. The molecule has 1 saturated heterocycles. The second-order valence-corrected chi connectivity index (χ2v) is 5.29. The van der Waals surface area contributed by atoms with Crippen LogP contribution < -0.4 is 4.90 Å². The number of aliphatic hydroxyl groups excluding tert-OH is 1. The Labute approximate surface area is 104 Å². The molecule has 1 aromatic carbocycles. The van der Waals surface area contributed by atoms with Gasteiger partial charge in [-0.15, -0.1) is 0 Å². The molecule has 94 valence electrons. The Hall–Kier alpha value is -1.02. The Kier molecular flexibility index (Phi) is 4.06. The number of nitrogens with zero attached hydrogens (tertiary/aromatic N) is 1. The van der Waals surface area contributed by atoms with Crippen LogP contribution >= 0.6 is 0 Å². The molecule has 0 aromatic heterocycles. The summed E-state index contributed by atoms with van der Waals surface area (Å²) in [7, 11) is 0. The quantitative estimate of drug-likeness (QED) is 0.867. The van der Waals surface area contributed by atoms with E-state index < -0.39 is 0 Å². The van der Waals surface area contributed by atoms with Gasteiger partial charge in [-0.3, -0.25) is 0 Å². The largest absolute Gasteiger partial charge is 0.396 e. The highest BCUT2D eigenvalue weighted by molar-refractivity contribution is 5.51. The van der Waals surface area contributed by atoms with E-state index in [2.05, 4.69) is 36.9 Å². The van der Waals surface area contributed by atoms with E-state index in [4.69, 9.17) is 5.11 Å². The topological polar surface area (TPSA) is 23.5 Å². The van der Waals surface area contributed by atoms with Crippen LogP contribution in [0.25, 0.3) is 0 Å². The Morgan fingerprint density at radius 3 is 2.24 bits per heavy atom. The van der Waals surface area contributed by atoms with E-state index in [1.807, 2.05) is 0 Å². The van der Waals surface area contributed by atoms with Gasteiger partial charge in [0.05, 0.1) is 0 Å². The minimum absolute atomic E-state index is 0.341. The number of aliphatic hydroxyl groups is 1. The van der Waals surface area contributed by atoms with Gasteiger partial charge in [-0.2, -0.15) is 0 Å². The van der Waals surface area contributed by atoms with E-state index in [0.29, 0.717) is 6.61 Å². The van der Waals surface area contributed by atoms with E-state index in [1.54, 1.807) is 0 Å². The summed E-state index contributed by atoms with van der Waals surface area (Å²) >= 11 is 0. The normalized spacial score (nSPS) is 17.5. The van der Waals surface area contributed by atoms with E-state index >= 15 is 0 Å². The van der Waals surface area contributed by atoms with Crippen molar-refractivity contribution < 1.29 is 5.11 Å². The molecule has 1 heterocycles. The zero-order chi connectivity index (χ0) is 12.3. The van der Waals surface area contributed by atoms with Gasteiger partial charge in [0.2, 0.25) is 0 Å². The summed E-state index contributed by atoms with van der Waals surface area (Å²) < 4.78 is 0. The summed E-state index contributed by atoms with van der Waals surface area (Å²) in [6.07, 6.45) is 3.40. The summed E-state index contributed by atoms with van der Waals surface area (Å²) in [4.78, 5) is 2.48. The summed E-state index contributed by atoms with van der Waals surface area (Å²) in [6.45, 7) is 6.93. The third kappa shape index (κ3) is 3.22. The lowest BCUT2D eigenvalue weighted by Gasteiger charge is -2.33. The average Bonchev–Trinajstić information content (AvgIpc) is 2.29. The third-order valence-corrected chi connectivity index (χ3v) is 3.72. The van der Waals surface area contributed by atoms with E-state index in [0.717, 1.165) is 25.4 Å². The van der Waals surface area contributed by atoms with Crippen molar-refractivity contribution in [3.63, 3.8) is 0 Å². The van der Waals surface area contributed by atoms with E-state index in [9.17, 15) is 0 Å². The molecule has 0 saturated carbocycles. The fourth-order valence-electron chi connectivity index (χ4n) is 2.80. The molecule has 1 aliphatic heterocycles. The first kappa shape index (κ1) is 12.4. The van der Waals surface area contributed by atoms with Gasteiger partial charge in [-0.05, 0) is 62.3 Å². The molecule has 1 aliphatic rings. The maximum absolute atomic E-state index is 8.96. The standard InChI is InChI=1S/C15H23NO/c1-12-9-13(2)11-15(10-12)16-6-3-14(4-7-16)5-8-17/h9-11,14,17H,3-8H2,1-2H3. The summed E-state index contributed by atoms with van der Waals surface area (Å²) in [5.74, 6) is 0.724. The zero-order valence-corrected chi connectivity index (χ0v) is 10.9. The lowest BCUT2D eigenvalue weighted by molar-refractivity contribution is 0.240. The van der Waals surface area contributed by atoms with Crippen molar-refractivity contribution >= 4 is 5.69 Å². The van der Waals surface area contributed by atoms with Crippen molar-refractivity contribution in [3.05, 3.63) is 29.3 Å². The Morgan fingerprint density at radius 1 is 1.12 bits per heavy atom. The fourth-order valence-corrected chi connectivity index (χ4v) is 2.80. The molecule has 1 N–H and O–H groups in total. The number of rotatable bonds is 3. The van der Waals surface area contributed by atoms with Crippen molar-refractivity contribution in [1.82, 2.24) is 0 Å². The molecular weight excluding hydrogens is 210 g/mol. The number of aryl methyl sites for hydroxylation is 2. The highest BCUT2D eigenvalue weighted by Gasteiger charge is 2.19. The second kappa shape index (κ2) is 5.54. The molecule has 17 heavy (non-hydrogen) atoms. The zero-order valence-electron chi connectivity index (χ0n) is 10.9. The van der Waals surface area contributed by atoms with Gasteiger partial charge in [0, 0.05) is 25.4 Å². The summed E-state index contributed by atoms with van der Waals surface area (Å²) in [5.41, 5.74) is 4.06. The van der Waals surface area contributed by atoms with Gasteiger partial charge in [0.25, 0.3) is 0 Å². The Balaban J connectivity index is 2.00. The lowest BCUT2D eigenvalue weighted by Crippen LogP contribution is -2.34. The van der Waals surface area contributed by atoms with Crippen LogP contribution in [0.4, 0.5) is 5.69 Å². The highest BCUT2D eigenvalue weighted by Crippen LogP contribution is 2.26. The maximum atomic E-state index is 8.96. The molecule has 1 aromatic rings. The van der Waals surface area contributed by atoms with Gasteiger partial charge >= 0.3 is 0 Å². The molecule has 0 atom stereocenters. The number of hydrogen-bond acceptors (Lipinski definition) is 2. The van der Waals surface area contributed by atoms with Crippen molar-refractivity contribution in [2.24, 2.45) is 5.92 Å². The summed E-state index contributed by atoms with van der Waals surface area (Å²) in [6, 6.07) is 6.78. The summed E-state index contributed by atoms with van der Waals surface area (Å²) in [5, 5.41) is 8.96. The van der Waals surface area contributed by atoms with Crippen LogP contribution in [0.3, 0.4) is 0 Å². The molecule has 1 fully saturated rings. The molecule has 2 rings (SSSR count). The van der Waals surface area contributed by atoms with Gasteiger partial charge < -0.3 is 10.0 Å². The first-order valence-electron chi connectivity index (χ1n) is 6.63. The van der Waals surface area contributed by atoms with Gasteiger partial charge in [0.15, 0.2) is 0 Å². The molecular formula is C15H23NO. The average molecular weight is 233 g/mol. The van der Waals surface area contributed by atoms with Gasteiger partial charge in [0.1, 0.15) is 0 Å². The van der Waals surface area contributed by atoms with Crippen molar-refractivity contribution in [3.8, 4) is 0 Å².